The van der Waals surface area contributed by atoms with Crippen LogP contribution in [0.3, 0.4) is 0 Å². The molecule has 3 heterocycles. The van der Waals surface area contributed by atoms with Crippen molar-refractivity contribution in [1.82, 2.24) is 20.4 Å². The average Bonchev–Trinajstić information content (AvgIpc) is 3.01. The minimum Gasteiger partial charge on any atom is -0.329 e. The van der Waals surface area contributed by atoms with Gasteiger partial charge in [0.15, 0.2) is 5.69 Å². The third-order valence-corrected chi connectivity index (χ3v) is 7.07. The molecule has 2 bridgehead atoms. The van der Waals surface area contributed by atoms with E-state index in [4.69, 9.17) is 0 Å². The normalized spacial score (nSPS) is 34.5. The van der Waals surface area contributed by atoms with Gasteiger partial charge in [0.2, 0.25) is 0 Å². The fraction of sp³-hybridized carbons (Fsp3) is 0.500. The number of piperidine rings is 1. The van der Waals surface area contributed by atoms with Gasteiger partial charge in [0, 0.05) is 35.8 Å². The molecule has 0 spiro atoms. The molecule has 3 aliphatic rings. The Morgan fingerprint density at radius 2 is 2.07 bits per heavy atom. The first kappa shape index (κ1) is 16.9. The number of likely N-dealkylation sites (tertiary alicyclic amines) is 1. The second kappa shape index (κ2) is 6.41. The van der Waals surface area contributed by atoms with Crippen molar-refractivity contribution >= 4 is 5.91 Å². The molecule has 0 radical (unpaired) electrons. The molecule has 5 heteroatoms. The van der Waals surface area contributed by atoms with Gasteiger partial charge in [0.25, 0.3) is 5.91 Å². The molecule has 3 fully saturated rings. The molecule has 5 atom stereocenters. The molecule has 5 rings (SSSR count). The average molecular weight is 362 g/mol. The number of nitrogens with one attached hydrogen (secondary N) is 1. The molecule has 1 amide bonds. The van der Waals surface area contributed by atoms with Crippen LogP contribution in [-0.4, -0.2) is 45.2 Å². The Labute approximate surface area is 160 Å². The zero-order valence-electron chi connectivity index (χ0n) is 15.7. The summed E-state index contributed by atoms with van der Waals surface area (Å²) in [4.78, 5) is 15.6. The number of amides is 1. The molecule has 27 heavy (non-hydrogen) atoms. The van der Waals surface area contributed by atoms with Crippen LogP contribution in [0.1, 0.15) is 48.7 Å². The molecule has 0 unspecified atom stereocenters. The van der Waals surface area contributed by atoms with E-state index in [0.29, 0.717) is 17.8 Å². The van der Waals surface area contributed by atoms with Crippen LogP contribution in [0.25, 0.3) is 0 Å². The first-order chi connectivity index (χ1) is 13.2. The number of nitrogens with zero attached hydrogens (tertiary/aromatic N) is 3. The Bertz CT molecular complexity index is 827. The van der Waals surface area contributed by atoms with Gasteiger partial charge >= 0.3 is 0 Å². The number of benzene rings is 1. The lowest BCUT2D eigenvalue weighted by molar-refractivity contribution is 0.0552. The van der Waals surface area contributed by atoms with E-state index in [2.05, 4.69) is 57.7 Å². The number of rotatable bonds is 3. The van der Waals surface area contributed by atoms with Gasteiger partial charge in [-0.25, -0.2) is 0 Å². The summed E-state index contributed by atoms with van der Waals surface area (Å²) in [5.41, 5.74) is 1.95. The Balaban J connectivity index is 1.51. The van der Waals surface area contributed by atoms with Gasteiger partial charge in [0.05, 0.1) is 0 Å². The second-order valence-corrected chi connectivity index (χ2v) is 8.56. The van der Waals surface area contributed by atoms with Gasteiger partial charge in [-0.05, 0) is 49.8 Å². The number of fused-ring (bicyclic) bond motifs is 1. The van der Waals surface area contributed by atoms with Crippen LogP contribution in [0.15, 0.2) is 48.7 Å². The van der Waals surface area contributed by atoms with Gasteiger partial charge in [-0.3, -0.25) is 4.79 Å². The Morgan fingerprint density at radius 3 is 2.85 bits per heavy atom. The minimum atomic E-state index is 0.0456. The van der Waals surface area contributed by atoms with Gasteiger partial charge in [-0.15, -0.1) is 5.10 Å². The number of carbonyl (C=O) groups is 1. The van der Waals surface area contributed by atoms with Crippen LogP contribution in [0.5, 0.6) is 0 Å². The molecule has 1 saturated carbocycles. The zero-order valence-corrected chi connectivity index (χ0v) is 15.7. The molecule has 5 nitrogen and oxygen atoms in total. The van der Waals surface area contributed by atoms with Crippen LogP contribution in [-0.2, 0) is 6.42 Å². The second-order valence-electron chi connectivity index (χ2n) is 8.56. The Kier molecular flexibility index (Phi) is 4.01. The number of carbonyl (C=O) groups excluding carboxylic acids is 1. The predicted molar refractivity (Wildman–Crippen MR) is 103 cm³/mol. The molecule has 2 aliphatic heterocycles. The number of hydrogen-bond donors (Lipinski definition) is 1. The molecular formula is C22H26N4O. The summed E-state index contributed by atoms with van der Waals surface area (Å²) in [6.45, 7) is 2.38. The van der Waals surface area contributed by atoms with Crippen molar-refractivity contribution in [1.29, 1.82) is 0 Å². The third-order valence-electron chi connectivity index (χ3n) is 7.07. The van der Waals surface area contributed by atoms with E-state index in [-0.39, 0.29) is 23.4 Å². The standard InChI is InChI=1S/C22H26N4O/c1-22-14-18-17(13-15-7-3-2-4-8-15)24-19(22)10-5-11-20(22)26(18)21(27)16-9-6-12-23-25-16/h2-4,6-9,12,17-20,24H,5,10-11,13-14H2,1H3/t17-,18-,19+,20-,22+/m0/s1. The van der Waals surface area contributed by atoms with Crippen LogP contribution in [0, 0.1) is 5.41 Å². The van der Waals surface area contributed by atoms with E-state index in [0.717, 1.165) is 19.3 Å². The van der Waals surface area contributed by atoms with E-state index in [1.165, 1.54) is 18.4 Å². The summed E-state index contributed by atoms with van der Waals surface area (Å²) >= 11 is 0. The van der Waals surface area contributed by atoms with E-state index in [9.17, 15) is 4.79 Å². The summed E-state index contributed by atoms with van der Waals surface area (Å²) < 4.78 is 0. The Morgan fingerprint density at radius 1 is 1.22 bits per heavy atom. The first-order valence-corrected chi connectivity index (χ1v) is 10.1. The van der Waals surface area contributed by atoms with E-state index in [1.54, 1.807) is 18.3 Å². The Hall–Kier alpha value is -2.27. The fourth-order valence-electron chi connectivity index (χ4n) is 5.80. The van der Waals surface area contributed by atoms with Crippen molar-refractivity contribution in [3.05, 3.63) is 59.9 Å². The molecule has 140 valence electrons. The number of hydrogen-bond acceptors (Lipinski definition) is 4. The zero-order chi connectivity index (χ0) is 18.4. The van der Waals surface area contributed by atoms with Crippen LogP contribution >= 0.6 is 0 Å². The van der Waals surface area contributed by atoms with E-state index in [1.807, 2.05) is 0 Å². The largest absolute Gasteiger partial charge is 0.329 e. The highest BCUT2D eigenvalue weighted by Gasteiger charge is 2.61. The van der Waals surface area contributed by atoms with Crippen LogP contribution in [0.2, 0.25) is 0 Å². The molecular weight excluding hydrogens is 336 g/mol. The molecule has 2 aromatic rings. The first-order valence-electron chi connectivity index (χ1n) is 10.1. The van der Waals surface area contributed by atoms with Gasteiger partial charge in [-0.2, -0.15) is 5.10 Å². The monoisotopic (exact) mass is 362 g/mol. The highest BCUT2D eigenvalue weighted by Crippen LogP contribution is 2.53. The summed E-state index contributed by atoms with van der Waals surface area (Å²) in [7, 11) is 0. The molecule has 1 aliphatic carbocycles. The maximum atomic E-state index is 13.4. The molecule has 1 aromatic heterocycles. The summed E-state index contributed by atoms with van der Waals surface area (Å²) in [5, 5.41) is 12.0. The highest BCUT2D eigenvalue weighted by atomic mass is 16.2. The lowest BCUT2D eigenvalue weighted by atomic mass is 9.65. The van der Waals surface area contributed by atoms with Crippen LogP contribution < -0.4 is 5.32 Å². The lowest BCUT2D eigenvalue weighted by Gasteiger charge is -2.46. The van der Waals surface area contributed by atoms with E-state index < -0.39 is 0 Å². The maximum Gasteiger partial charge on any atom is 0.274 e. The summed E-state index contributed by atoms with van der Waals surface area (Å²) in [6.07, 6.45) is 7.13. The lowest BCUT2D eigenvalue weighted by Crippen LogP contribution is -2.58. The van der Waals surface area contributed by atoms with Crippen molar-refractivity contribution in [2.24, 2.45) is 5.41 Å². The molecule has 1 N–H and O–H groups in total. The maximum absolute atomic E-state index is 13.4. The summed E-state index contributed by atoms with van der Waals surface area (Å²) in [6, 6.07) is 15.5. The van der Waals surface area contributed by atoms with E-state index >= 15 is 0 Å². The highest BCUT2D eigenvalue weighted by molar-refractivity contribution is 5.93. The fourth-order valence-corrected chi connectivity index (χ4v) is 5.80. The van der Waals surface area contributed by atoms with Gasteiger partial charge in [-0.1, -0.05) is 37.3 Å². The topological polar surface area (TPSA) is 58.1 Å². The van der Waals surface area contributed by atoms with Gasteiger partial charge in [0.1, 0.15) is 0 Å². The van der Waals surface area contributed by atoms with Crippen molar-refractivity contribution < 1.29 is 4.79 Å². The van der Waals surface area contributed by atoms with Crippen molar-refractivity contribution in [2.45, 2.75) is 63.2 Å². The van der Waals surface area contributed by atoms with Crippen molar-refractivity contribution in [3.63, 3.8) is 0 Å². The number of aromatic nitrogens is 2. The quantitative estimate of drug-likeness (QED) is 0.912. The third kappa shape index (κ3) is 2.67. The van der Waals surface area contributed by atoms with Crippen molar-refractivity contribution in [2.75, 3.05) is 0 Å². The molecule has 2 saturated heterocycles. The predicted octanol–water partition coefficient (Wildman–Crippen LogP) is 2.83. The SMILES string of the molecule is C[C@@]12C[C@H]3[C@H](Cc4ccccc4)N[C@@H]1CCC[C@@H]2N3C(=O)c1cccnn1. The summed E-state index contributed by atoms with van der Waals surface area (Å²) in [5.74, 6) is 0.0456. The smallest absolute Gasteiger partial charge is 0.274 e. The minimum absolute atomic E-state index is 0.0456. The van der Waals surface area contributed by atoms with Gasteiger partial charge < -0.3 is 10.2 Å². The molecule has 1 aromatic carbocycles. The van der Waals surface area contributed by atoms with Crippen LogP contribution in [0.4, 0.5) is 0 Å². The van der Waals surface area contributed by atoms with Crippen molar-refractivity contribution in [3.8, 4) is 0 Å².